The normalized spacial score (nSPS) is 19.2. The van der Waals surface area contributed by atoms with Gasteiger partial charge in [0.1, 0.15) is 6.04 Å². The number of rotatable bonds is 4. The number of amides is 2. The molecule has 5 heteroatoms. The van der Waals surface area contributed by atoms with E-state index in [0.29, 0.717) is 26.1 Å². The van der Waals surface area contributed by atoms with Gasteiger partial charge in [0.2, 0.25) is 11.8 Å². The molecule has 0 unspecified atom stereocenters. The Labute approximate surface area is 112 Å². The molecule has 0 radical (unpaired) electrons. The summed E-state index contributed by atoms with van der Waals surface area (Å²) in [5.74, 6) is -0.322. The fraction of sp³-hybridized carbons (Fsp3) is 0.429. The van der Waals surface area contributed by atoms with Crippen LogP contribution in [-0.4, -0.2) is 42.4 Å². The maximum Gasteiger partial charge on any atom is 0.236 e. The van der Waals surface area contributed by atoms with E-state index in [9.17, 15) is 9.59 Å². The molecule has 0 bridgehead atoms. The fourth-order valence-corrected chi connectivity index (χ4v) is 2.22. The number of hydrogen-bond acceptors (Lipinski definition) is 3. The summed E-state index contributed by atoms with van der Waals surface area (Å²) in [7, 11) is 0. The number of carbonyl (C=O) groups is 2. The molecule has 1 aromatic carbocycles. The van der Waals surface area contributed by atoms with Gasteiger partial charge < -0.3 is 16.0 Å². The van der Waals surface area contributed by atoms with Crippen molar-refractivity contribution in [3.63, 3.8) is 0 Å². The van der Waals surface area contributed by atoms with Crippen molar-refractivity contribution in [3.8, 4) is 0 Å². The first kappa shape index (κ1) is 13.5. The molecule has 2 amide bonds. The summed E-state index contributed by atoms with van der Waals surface area (Å²) in [6.07, 6.45) is 1.19. The summed E-state index contributed by atoms with van der Waals surface area (Å²) in [5, 5.41) is 3.01. The Hall–Kier alpha value is -1.88. The highest BCUT2D eigenvalue weighted by molar-refractivity contribution is 5.82. The Balaban J connectivity index is 1.84. The molecule has 1 aliphatic rings. The number of nitrogens with two attached hydrogens (primary N) is 1. The predicted octanol–water partition coefficient (Wildman–Crippen LogP) is -0.0951. The molecule has 1 aliphatic heterocycles. The van der Waals surface area contributed by atoms with Crippen LogP contribution in [0.3, 0.4) is 0 Å². The van der Waals surface area contributed by atoms with Gasteiger partial charge in [-0.2, -0.15) is 0 Å². The van der Waals surface area contributed by atoms with Gasteiger partial charge in [-0.25, -0.2) is 0 Å². The van der Waals surface area contributed by atoms with E-state index in [0.717, 1.165) is 12.0 Å². The Bertz CT molecular complexity index is 447. The predicted molar refractivity (Wildman–Crippen MR) is 72.3 cm³/mol. The lowest BCUT2D eigenvalue weighted by Crippen LogP contribution is -2.57. The largest absolute Gasteiger partial charge is 0.368 e. The zero-order valence-corrected chi connectivity index (χ0v) is 10.8. The number of nitrogens with one attached hydrogen (secondary N) is 1. The SMILES string of the molecule is NC(=O)[C@@H]1CN(C(=O)CCc2ccccc2)CCN1. The molecule has 0 aromatic heterocycles. The Morgan fingerprint density at radius 3 is 2.74 bits per heavy atom. The van der Waals surface area contributed by atoms with E-state index >= 15 is 0 Å². The van der Waals surface area contributed by atoms with E-state index in [4.69, 9.17) is 5.73 Å². The topological polar surface area (TPSA) is 75.4 Å². The molecule has 1 saturated heterocycles. The zero-order valence-electron chi connectivity index (χ0n) is 10.8. The number of carbonyl (C=O) groups excluding carboxylic acids is 2. The second-order valence-electron chi connectivity index (χ2n) is 4.73. The van der Waals surface area contributed by atoms with Crippen LogP contribution in [0.2, 0.25) is 0 Å². The van der Waals surface area contributed by atoms with Crippen molar-refractivity contribution in [1.29, 1.82) is 0 Å². The van der Waals surface area contributed by atoms with Gasteiger partial charge >= 0.3 is 0 Å². The Morgan fingerprint density at radius 1 is 1.32 bits per heavy atom. The third kappa shape index (κ3) is 3.79. The number of primary amides is 1. The van der Waals surface area contributed by atoms with Crippen molar-refractivity contribution in [2.24, 2.45) is 5.73 Å². The third-order valence-electron chi connectivity index (χ3n) is 3.34. The van der Waals surface area contributed by atoms with Crippen LogP contribution >= 0.6 is 0 Å². The van der Waals surface area contributed by atoms with Gasteiger partial charge in [-0.15, -0.1) is 0 Å². The van der Waals surface area contributed by atoms with E-state index in [2.05, 4.69) is 5.32 Å². The van der Waals surface area contributed by atoms with E-state index in [1.807, 2.05) is 30.3 Å². The molecule has 19 heavy (non-hydrogen) atoms. The van der Waals surface area contributed by atoms with Gasteiger partial charge in [-0.3, -0.25) is 9.59 Å². The lowest BCUT2D eigenvalue weighted by molar-refractivity contribution is -0.133. The molecular formula is C14H19N3O2. The van der Waals surface area contributed by atoms with Crippen LogP contribution in [0.15, 0.2) is 30.3 Å². The quantitative estimate of drug-likeness (QED) is 0.795. The smallest absolute Gasteiger partial charge is 0.236 e. The van der Waals surface area contributed by atoms with Crippen LogP contribution in [0.1, 0.15) is 12.0 Å². The van der Waals surface area contributed by atoms with Crippen molar-refractivity contribution < 1.29 is 9.59 Å². The van der Waals surface area contributed by atoms with Gasteiger partial charge in [-0.05, 0) is 12.0 Å². The Kier molecular flexibility index (Phi) is 4.52. The van der Waals surface area contributed by atoms with Crippen LogP contribution in [0.25, 0.3) is 0 Å². The first-order chi connectivity index (χ1) is 9.16. The molecule has 5 nitrogen and oxygen atoms in total. The maximum absolute atomic E-state index is 12.1. The molecule has 0 saturated carbocycles. The monoisotopic (exact) mass is 261 g/mol. The van der Waals surface area contributed by atoms with Crippen LogP contribution < -0.4 is 11.1 Å². The van der Waals surface area contributed by atoms with Crippen LogP contribution in [0.4, 0.5) is 0 Å². The third-order valence-corrected chi connectivity index (χ3v) is 3.34. The highest BCUT2D eigenvalue weighted by atomic mass is 16.2. The van der Waals surface area contributed by atoms with Crippen molar-refractivity contribution >= 4 is 11.8 Å². The minimum atomic E-state index is -0.422. The van der Waals surface area contributed by atoms with Crippen LogP contribution in [0, 0.1) is 0 Å². The lowest BCUT2D eigenvalue weighted by atomic mass is 10.1. The number of nitrogens with zero attached hydrogens (tertiary/aromatic N) is 1. The van der Waals surface area contributed by atoms with Crippen LogP contribution in [0.5, 0.6) is 0 Å². The summed E-state index contributed by atoms with van der Waals surface area (Å²) in [4.78, 5) is 24.9. The number of benzene rings is 1. The first-order valence-corrected chi connectivity index (χ1v) is 6.51. The fourth-order valence-electron chi connectivity index (χ4n) is 2.22. The second kappa shape index (κ2) is 6.33. The first-order valence-electron chi connectivity index (χ1n) is 6.51. The summed E-state index contributed by atoms with van der Waals surface area (Å²) in [6, 6.07) is 9.49. The van der Waals surface area contributed by atoms with Crippen molar-refractivity contribution in [2.45, 2.75) is 18.9 Å². The Morgan fingerprint density at radius 2 is 2.05 bits per heavy atom. The minimum absolute atomic E-state index is 0.0802. The number of hydrogen-bond donors (Lipinski definition) is 2. The summed E-state index contributed by atoms with van der Waals surface area (Å²) in [5.41, 5.74) is 6.41. The molecule has 2 rings (SSSR count). The molecule has 1 heterocycles. The lowest BCUT2D eigenvalue weighted by Gasteiger charge is -2.32. The van der Waals surface area contributed by atoms with Crippen molar-refractivity contribution in [2.75, 3.05) is 19.6 Å². The van der Waals surface area contributed by atoms with Gasteiger partial charge in [0, 0.05) is 26.1 Å². The number of piperazine rings is 1. The standard InChI is InChI=1S/C14H19N3O2/c15-14(19)12-10-17(9-8-16-12)13(18)7-6-11-4-2-1-3-5-11/h1-5,12,16H,6-10H2,(H2,15,19)/t12-/m0/s1. The average molecular weight is 261 g/mol. The molecule has 0 aliphatic carbocycles. The van der Waals surface area contributed by atoms with E-state index in [-0.39, 0.29) is 5.91 Å². The molecule has 1 aromatic rings. The average Bonchev–Trinajstić information content (AvgIpc) is 2.46. The maximum atomic E-state index is 12.1. The van der Waals surface area contributed by atoms with Gasteiger partial charge in [0.15, 0.2) is 0 Å². The molecule has 0 spiro atoms. The van der Waals surface area contributed by atoms with E-state index in [1.54, 1.807) is 4.90 Å². The molecule has 1 fully saturated rings. The van der Waals surface area contributed by atoms with E-state index < -0.39 is 11.9 Å². The summed E-state index contributed by atoms with van der Waals surface area (Å²) >= 11 is 0. The molecule has 3 N–H and O–H groups in total. The highest BCUT2D eigenvalue weighted by Crippen LogP contribution is 2.07. The second-order valence-corrected chi connectivity index (χ2v) is 4.73. The molecule has 102 valence electrons. The van der Waals surface area contributed by atoms with Gasteiger partial charge in [-0.1, -0.05) is 30.3 Å². The highest BCUT2D eigenvalue weighted by Gasteiger charge is 2.25. The minimum Gasteiger partial charge on any atom is -0.368 e. The van der Waals surface area contributed by atoms with Crippen molar-refractivity contribution in [3.05, 3.63) is 35.9 Å². The number of aryl methyl sites for hydroxylation is 1. The van der Waals surface area contributed by atoms with Gasteiger partial charge in [0.25, 0.3) is 0 Å². The van der Waals surface area contributed by atoms with Gasteiger partial charge in [0.05, 0.1) is 0 Å². The summed E-state index contributed by atoms with van der Waals surface area (Å²) in [6.45, 7) is 1.63. The molecule has 1 atom stereocenters. The molecular weight excluding hydrogens is 242 g/mol. The van der Waals surface area contributed by atoms with Crippen molar-refractivity contribution in [1.82, 2.24) is 10.2 Å². The van der Waals surface area contributed by atoms with E-state index in [1.165, 1.54) is 0 Å². The summed E-state index contributed by atoms with van der Waals surface area (Å²) < 4.78 is 0. The van der Waals surface area contributed by atoms with Crippen LogP contribution in [-0.2, 0) is 16.0 Å². The zero-order chi connectivity index (χ0) is 13.7.